The molecule has 0 aliphatic carbocycles. The molecule has 80 valence electrons. The van der Waals surface area contributed by atoms with Crippen LogP contribution in [0.5, 0.6) is 0 Å². The monoisotopic (exact) mass is 223 g/mol. The molecule has 0 aliphatic heterocycles. The van der Waals surface area contributed by atoms with Crippen LogP contribution in [0.3, 0.4) is 0 Å². The molecule has 0 fully saturated rings. The predicted molar refractivity (Wildman–Crippen MR) is 59.3 cm³/mol. The zero-order valence-electron chi connectivity index (χ0n) is 8.43. The number of hydrogen-bond donors (Lipinski definition) is 2. The molecule has 2 aromatic rings. The van der Waals surface area contributed by atoms with Crippen LogP contribution < -0.4 is 11.3 Å². The van der Waals surface area contributed by atoms with E-state index in [4.69, 9.17) is 10.3 Å². The van der Waals surface area contributed by atoms with E-state index in [9.17, 15) is 0 Å². The first-order valence-electron chi connectivity index (χ1n) is 4.68. The van der Waals surface area contributed by atoms with Crippen molar-refractivity contribution in [1.29, 1.82) is 0 Å². The summed E-state index contributed by atoms with van der Waals surface area (Å²) in [5, 5.41) is 0. The smallest absolute Gasteiger partial charge is 0.0935 e. The van der Waals surface area contributed by atoms with Crippen LogP contribution in [0, 0.1) is 6.92 Å². The molecule has 0 saturated carbocycles. The number of aryl methyl sites for hydroxylation is 1. The van der Waals surface area contributed by atoms with Crippen LogP contribution in [0.25, 0.3) is 0 Å². The van der Waals surface area contributed by atoms with Gasteiger partial charge in [-0.15, -0.1) is 11.3 Å². The summed E-state index contributed by atoms with van der Waals surface area (Å²) < 4.78 is 5.03. The Bertz CT molecular complexity index is 410. The van der Waals surface area contributed by atoms with E-state index in [0.29, 0.717) is 0 Å². The maximum Gasteiger partial charge on any atom is 0.0935 e. The fraction of sp³-hybridized carbons (Fsp3) is 0.300. The molecule has 2 heterocycles. The highest BCUT2D eigenvalue weighted by atomic mass is 32.1. The van der Waals surface area contributed by atoms with Gasteiger partial charge in [0.15, 0.2) is 0 Å². The molecule has 0 saturated heterocycles. The van der Waals surface area contributed by atoms with E-state index < -0.39 is 0 Å². The van der Waals surface area contributed by atoms with Gasteiger partial charge in [0.05, 0.1) is 29.8 Å². The second-order valence-electron chi connectivity index (χ2n) is 3.36. The van der Waals surface area contributed by atoms with Crippen LogP contribution >= 0.6 is 11.3 Å². The number of nitrogens with one attached hydrogen (secondary N) is 1. The van der Waals surface area contributed by atoms with Crippen molar-refractivity contribution in [3.8, 4) is 0 Å². The Balaban J connectivity index is 2.15. The topological polar surface area (TPSA) is 64.1 Å². The SMILES string of the molecule is Cc1ncsc1C(Cc1ccoc1)NN. The van der Waals surface area contributed by atoms with Crippen molar-refractivity contribution in [2.45, 2.75) is 19.4 Å². The molecule has 4 nitrogen and oxygen atoms in total. The van der Waals surface area contributed by atoms with Crippen molar-refractivity contribution >= 4 is 11.3 Å². The second kappa shape index (κ2) is 4.57. The highest BCUT2D eigenvalue weighted by Crippen LogP contribution is 2.24. The van der Waals surface area contributed by atoms with Gasteiger partial charge in [0, 0.05) is 4.88 Å². The quantitative estimate of drug-likeness (QED) is 0.612. The Morgan fingerprint density at radius 1 is 1.67 bits per heavy atom. The van der Waals surface area contributed by atoms with Gasteiger partial charge in [-0.25, -0.2) is 4.98 Å². The number of hydrazine groups is 1. The minimum absolute atomic E-state index is 0.107. The lowest BCUT2D eigenvalue weighted by molar-refractivity contribution is 0.539. The van der Waals surface area contributed by atoms with Crippen molar-refractivity contribution in [3.05, 3.63) is 40.2 Å². The standard InChI is InChI=1S/C10H13N3OS/c1-7-10(15-6-12-7)9(13-11)4-8-2-3-14-5-8/h2-3,5-6,9,13H,4,11H2,1H3. The van der Waals surface area contributed by atoms with Crippen molar-refractivity contribution in [1.82, 2.24) is 10.4 Å². The molecular formula is C10H13N3OS. The number of aromatic nitrogens is 1. The fourth-order valence-electron chi connectivity index (χ4n) is 1.52. The van der Waals surface area contributed by atoms with Gasteiger partial charge in [-0.3, -0.25) is 11.3 Å². The molecule has 2 aromatic heterocycles. The first-order valence-corrected chi connectivity index (χ1v) is 5.56. The van der Waals surface area contributed by atoms with Gasteiger partial charge in [-0.2, -0.15) is 0 Å². The van der Waals surface area contributed by atoms with Crippen LogP contribution in [0.2, 0.25) is 0 Å². The largest absolute Gasteiger partial charge is 0.472 e. The highest BCUT2D eigenvalue weighted by molar-refractivity contribution is 7.09. The van der Waals surface area contributed by atoms with Crippen molar-refractivity contribution in [3.63, 3.8) is 0 Å². The van der Waals surface area contributed by atoms with Crippen molar-refractivity contribution in [2.24, 2.45) is 5.84 Å². The third kappa shape index (κ3) is 2.26. The number of nitrogens with two attached hydrogens (primary N) is 1. The van der Waals surface area contributed by atoms with Gasteiger partial charge in [0.25, 0.3) is 0 Å². The molecule has 1 unspecified atom stereocenters. The molecule has 0 aliphatic rings. The van der Waals surface area contributed by atoms with E-state index in [1.54, 1.807) is 23.9 Å². The summed E-state index contributed by atoms with van der Waals surface area (Å²) in [5.74, 6) is 5.55. The normalized spacial score (nSPS) is 12.9. The van der Waals surface area contributed by atoms with Crippen molar-refractivity contribution < 1.29 is 4.42 Å². The Morgan fingerprint density at radius 3 is 3.07 bits per heavy atom. The van der Waals surface area contributed by atoms with E-state index in [1.165, 1.54) is 4.88 Å². The summed E-state index contributed by atoms with van der Waals surface area (Å²) in [6.07, 6.45) is 4.22. The minimum atomic E-state index is 0.107. The maximum atomic E-state index is 5.55. The molecule has 0 bridgehead atoms. The Morgan fingerprint density at radius 2 is 2.53 bits per heavy atom. The fourth-order valence-corrected chi connectivity index (χ4v) is 2.38. The Hall–Kier alpha value is -1.17. The first kappa shape index (κ1) is 10.4. The summed E-state index contributed by atoms with van der Waals surface area (Å²) in [7, 11) is 0. The van der Waals surface area contributed by atoms with Crippen LogP contribution in [-0.4, -0.2) is 4.98 Å². The summed E-state index contributed by atoms with van der Waals surface area (Å²) in [6, 6.07) is 2.05. The highest BCUT2D eigenvalue weighted by Gasteiger charge is 2.15. The second-order valence-corrected chi connectivity index (χ2v) is 4.24. The van der Waals surface area contributed by atoms with Gasteiger partial charge in [-0.05, 0) is 25.0 Å². The Kier molecular flexibility index (Phi) is 3.15. The molecule has 0 amide bonds. The summed E-state index contributed by atoms with van der Waals surface area (Å²) >= 11 is 1.62. The van der Waals surface area contributed by atoms with Crippen LogP contribution in [0.15, 0.2) is 28.5 Å². The predicted octanol–water partition coefficient (Wildman–Crippen LogP) is 1.79. The van der Waals surface area contributed by atoms with E-state index in [-0.39, 0.29) is 6.04 Å². The summed E-state index contributed by atoms with van der Waals surface area (Å²) in [4.78, 5) is 5.39. The Labute approximate surface area is 92.1 Å². The van der Waals surface area contributed by atoms with Gasteiger partial charge in [-0.1, -0.05) is 0 Å². The molecule has 15 heavy (non-hydrogen) atoms. The van der Waals surface area contributed by atoms with Crippen molar-refractivity contribution in [2.75, 3.05) is 0 Å². The van der Waals surface area contributed by atoms with Crippen LogP contribution in [0.4, 0.5) is 0 Å². The molecule has 0 radical (unpaired) electrons. The van der Waals surface area contributed by atoms with E-state index in [2.05, 4.69) is 10.4 Å². The van der Waals surface area contributed by atoms with Crippen LogP contribution in [-0.2, 0) is 6.42 Å². The number of rotatable bonds is 4. The summed E-state index contributed by atoms with van der Waals surface area (Å²) in [6.45, 7) is 1.99. The molecule has 0 spiro atoms. The molecule has 5 heteroatoms. The molecule has 1 atom stereocenters. The average molecular weight is 223 g/mol. The summed E-state index contributed by atoms with van der Waals surface area (Å²) in [5.41, 5.74) is 6.81. The van der Waals surface area contributed by atoms with E-state index in [1.807, 2.05) is 18.5 Å². The third-order valence-corrected chi connectivity index (χ3v) is 3.36. The number of furan rings is 1. The molecular weight excluding hydrogens is 210 g/mol. The van der Waals surface area contributed by atoms with Gasteiger partial charge in [0.2, 0.25) is 0 Å². The number of nitrogens with zero attached hydrogens (tertiary/aromatic N) is 1. The molecule has 2 rings (SSSR count). The molecule has 3 N–H and O–H groups in total. The lowest BCUT2D eigenvalue weighted by Crippen LogP contribution is -2.29. The van der Waals surface area contributed by atoms with Gasteiger partial charge in [0.1, 0.15) is 0 Å². The number of thiazole rings is 1. The minimum Gasteiger partial charge on any atom is -0.472 e. The zero-order valence-corrected chi connectivity index (χ0v) is 9.25. The number of hydrogen-bond acceptors (Lipinski definition) is 5. The van der Waals surface area contributed by atoms with Crippen LogP contribution in [0.1, 0.15) is 22.2 Å². The van der Waals surface area contributed by atoms with E-state index in [0.717, 1.165) is 17.7 Å². The lowest BCUT2D eigenvalue weighted by Gasteiger charge is -2.13. The third-order valence-electron chi connectivity index (χ3n) is 2.32. The van der Waals surface area contributed by atoms with E-state index >= 15 is 0 Å². The average Bonchev–Trinajstić information content (AvgIpc) is 2.85. The lowest BCUT2D eigenvalue weighted by atomic mass is 10.1. The zero-order chi connectivity index (χ0) is 10.7. The first-order chi connectivity index (χ1) is 7.31. The van der Waals surface area contributed by atoms with Gasteiger partial charge < -0.3 is 4.42 Å². The van der Waals surface area contributed by atoms with Gasteiger partial charge >= 0.3 is 0 Å². The molecule has 0 aromatic carbocycles. The maximum absolute atomic E-state index is 5.55.